The largest absolute Gasteiger partial charge is 0.495 e. The molecular weight excluding hydrogens is 444 g/mol. The van der Waals surface area contributed by atoms with E-state index in [0.717, 1.165) is 0 Å². The average molecular weight is 462 g/mol. The number of carboxylic acids is 1. The highest BCUT2D eigenvalue weighted by Crippen LogP contribution is 2.32. The number of aromatic carboxylic acids is 1. The van der Waals surface area contributed by atoms with Crippen LogP contribution >= 0.6 is 12.2 Å². The number of para-hydroxylation sites is 2. The molecule has 1 aliphatic rings. The minimum atomic E-state index is -1.04. The first kappa shape index (κ1) is 22.0. The zero-order valence-corrected chi connectivity index (χ0v) is 18.4. The molecule has 0 atom stereocenters. The fraction of sp³-hybridized carbons (Fsp3) is 0.0833. The van der Waals surface area contributed by atoms with Gasteiger partial charge in [0.2, 0.25) is 0 Å². The van der Waals surface area contributed by atoms with Crippen LogP contribution in [0, 0.1) is 6.92 Å². The van der Waals surface area contributed by atoms with Crippen molar-refractivity contribution in [2.45, 2.75) is 6.92 Å². The fourth-order valence-electron chi connectivity index (χ4n) is 3.54. The molecule has 4 rings (SSSR count). The number of nitrogens with zero attached hydrogens (tertiary/aromatic N) is 1. The smallest absolute Gasteiger partial charge is 0.335 e. The molecule has 0 saturated carbocycles. The number of furan rings is 1. The molecule has 0 spiro atoms. The number of carbonyl (C=O) groups is 3. The quantitative estimate of drug-likeness (QED) is 0.337. The highest BCUT2D eigenvalue weighted by atomic mass is 32.1. The zero-order valence-electron chi connectivity index (χ0n) is 17.6. The molecule has 2 N–H and O–H groups in total. The van der Waals surface area contributed by atoms with Crippen LogP contribution < -0.4 is 15.0 Å². The topological polar surface area (TPSA) is 109 Å². The molecule has 0 radical (unpaired) electrons. The maximum atomic E-state index is 13.2. The molecule has 2 amide bonds. The molecule has 0 unspecified atom stereocenters. The molecule has 166 valence electrons. The third-order valence-electron chi connectivity index (χ3n) is 5.17. The van der Waals surface area contributed by atoms with E-state index in [2.05, 4.69) is 5.32 Å². The maximum Gasteiger partial charge on any atom is 0.335 e. The van der Waals surface area contributed by atoms with Crippen molar-refractivity contribution in [3.63, 3.8) is 0 Å². The van der Waals surface area contributed by atoms with Crippen molar-refractivity contribution in [3.8, 4) is 17.1 Å². The Kier molecular flexibility index (Phi) is 5.80. The number of rotatable bonds is 5. The van der Waals surface area contributed by atoms with Crippen molar-refractivity contribution in [2.75, 3.05) is 12.0 Å². The Labute approximate surface area is 194 Å². The zero-order chi connectivity index (χ0) is 23.7. The summed E-state index contributed by atoms with van der Waals surface area (Å²) in [6.07, 6.45) is 1.32. The molecule has 9 heteroatoms. The van der Waals surface area contributed by atoms with E-state index in [0.29, 0.717) is 28.3 Å². The first-order valence-electron chi connectivity index (χ1n) is 9.79. The molecular formula is C24H18N2O6S. The molecule has 0 aliphatic carbocycles. The van der Waals surface area contributed by atoms with Crippen molar-refractivity contribution in [3.05, 3.63) is 77.1 Å². The number of hydrogen-bond acceptors (Lipinski definition) is 6. The minimum Gasteiger partial charge on any atom is -0.495 e. The van der Waals surface area contributed by atoms with Crippen LogP contribution in [0.2, 0.25) is 0 Å². The molecule has 1 fully saturated rings. The second-order valence-electron chi connectivity index (χ2n) is 7.12. The highest BCUT2D eigenvalue weighted by molar-refractivity contribution is 7.80. The Morgan fingerprint density at radius 2 is 1.88 bits per heavy atom. The first-order valence-corrected chi connectivity index (χ1v) is 10.2. The monoisotopic (exact) mass is 462 g/mol. The lowest BCUT2D eigenvalue weighted by Crippen LogP contribution is -2.54. The van der Waals surface area contributed by atoms with Crippen molar-refractivity contribution in [1.29, 1.82) is 0 Å². The van der Waals surface area contributed by atoms with Gasteiger partial charge in [-0.1, -0.05) is 24.3 Å². The number of anilines is 1. The van der Waals surface area contributed by atoms with Gasteiger partial charge < -0.3 is 14.3 Å². The number of carbonyl (C=O) groups excluding carboxylic acids is 2. The van der Waals surface area contributed by atoms with E-state index < -0.39 is 17.8 Å². The SMILES string of the molecule is COc1ccccc1N1C(=O)/C(=C\c2ccc(-c3cccc(C(=O)O)c3C)o2)C(=O)NC1=S. The lowest BCUT2D eigenvalue weighted by atomic mass is 10.0. The van der Waals surface area contributed by atoms with Gasteiger partial charge >= 0.3 is 5.97 Å². The summed E-state index contributed by atoms with van der Waals surface area (Å²) in [4.78, 5) is 38.4. The van der Waals surface area contributed by atoms with Gasteiger partial charge in [0.05, 0.1) is 18.4 Å². The van der Waals surface area contributed by atoms with E-state index >= 15 is 0 Å². The summed E-state index contributed by atoms with van der Waals surface area (Å²) in [5, 5.41) is 11.8. The number of methoxy groups -OCH3 is 1. The van der Waals surface area contributed by atoms with Crippen LogP contribution in [0.5, 0.6) is 5.75 Å². The summed E-state index contributed by atoms with van der Waals surface area (Å²) in [7, 11) is 1.47. The number of hydrogen-bond donors (Lipinski definition) is 2. The molecule has 1 aromatic heterocycles. The predicted octanol–water partition coefficient (Wildman–Crippen LogP) is 3.79. The van der Waals surface area contributed by atoms with E-state index in [9.17, 15) is 19.5 Å². The first-order chi connectivity index (χ1) is 15.8. The van der Waals surface area contributed by atoms with Gasteiger partial charge in [0.15, 0.2) is 5.11 Å². The van der Waals surface area contributed by atoms with Crippen LogP contribution in [-0.4, -0.2) is 35.1 Å². The van der Waals surface area contributed by atoms with Crippen molar-refractivity contribution in [2.24, 2.45) is 0 Å². The Morgan fingerprint density at radius 1 is 1.12 bits per heavy atom. The number of benzene rings is 2. The van der Waals surface area contributed by atoms with E-state index in [-0.39, 0.29) is 22.0 Å². The normalized spacial score (nSPS) is 15.0. The van der Waals surface area contributed by atoms with Crippen LogP contribution in [0.25, 0.3) is 17.4 Å². The predicted molar refractivity (Wildman–Crippen MR) is 125 cm³/mol. The van der Waals surface area contributed by atoms with Gasteiger partial charge in [0.25, 0.3) is 11.8 Å². The van der Waals surface area contributed by atoms with E-state index in [4.69, 9.17) is 21.4 Å². The van der Waals surface area contributed by atoms with Crippen LogP contribution in [0.1, 0.15) is 21.7 Å². The maximum absolute atomic E-state index is 13.2. The highest BCUT2D eigenvalue weighted by Gasteiger charge is 2.36. The lowest BCUT2D eigenvalue weighted by molar-refractivity contribution is -0.122. The summed E-state index contributed by atoms with van der Waals surface area (Å²) in [5.41, 5.74) is 1.51. The summed E-state index contributed by atoms with van der Waals surface area (Å²) in [5.74, 6) is -1.26. The molecule has 0 bridgehead atoms. The van der Waals surface area contributed by atoms with E-state index in [1.165, 1.54) is 24.2 Å². The molecule has 1 aliphatic heterocycles. The van der Waals surface area contributed by atoms with Crippen LogP contribution in [0.4, 0.5) is 5.69 Å². The Hall–Kier alpha value is -4.24. The van der Waals surface area contributed by atoms with Crippen LogP contribution in [0.3, 0.4) is 0 Å². The van der Waals surface area contributed by atoms with E-state index in [1.807, 2.05) is 0 Å². The Morgan fingerprint density at radius 3 is 2.61 bits per heavy atom. The summed E-state index contributed by atoms with van der Waals surface area (Å²) >= 11 is 5.22. The van der Waals surface area contributed by atoms with Gasteiger partial charge in [0, 0.05) is 5.56 Å². The van der Waals surface area contributed by atoms with Gasteiger partial charge in [-0.25, -0.2) is 9.69 Å². The Bertz CT molecular complexity index is 1340. The standard InChI is InChI=1S/C24H18N2O6S/c1-13-15(6-5-7-16(13)23(29)30)19-11-10-14(32-19)12-17-21(27)25-24(33)26(22(17)28)18-8-3-4-9-20(18)31-2/h3-12H,1-2H3,(H,29,30)(H,25,27,33)/b17-12-. The number of carboxylic acid groups (broad SMARTS) is 1. The molecule has 2 aromatic carbocycles. The number of ether oxygens (including phenoxy) is 1. The van der Waals surface area contributed by atoms with Gasteiger partial charge in [-0.15, -0.1) is 0 Å². The van der Waals surface area contributed by atoms with Crippen molar-refractivity contribution >= 4 is 46.9 Å². The fourth-order valence-corrected chi connectivity index (χ4v) is 3.82. The van der Waals surface area contributed by atoms with Crippen molar-refractivity contribution in [1.82, 2.24) is 5.32 Å². The summed E-state index contributed by atoms with van der Waals surface area (Å²) in [6.45, 7) is 1.68. The summed E-state index contributed by atoms with van der Waals surface area (Å²) < 4.78 is 11.1. The number of amides is 2. The molecule has 33 heavy (non-hydrogen) atoms. The minimum absolute atomic E-state index is 0.0621. The van der Waals surface area contributed by atoms with Gasteiger partial charge in [0.1, 0.15) is 22.8 Å². The number of thiocarbonyl (C=S) groups is 1. The third-order valence-corrected chi connectivity index (χ3v) is 5.46. The van der Waals surface area contributed by atoms with Crippen molar-refractivity contribution < 1.29 is 28.6 Å². The molecule has 2 heterocycles. The van der Waals surface area contributed by atoms with E-state index in [1.54, 1.807) is 55.5 Å². The van der Waals surface area contributed by atoms with Gasteiger partial charge in [-0.05, 0) is 61.1 Å². The van der Waals surface area contributed by atoms with Gasteiger partial charge in [-0.2, -0.15) is 0 Å². The van der Waals surface area contributed by atoms with Crippen LogP contribution in [-0.2, 0) is 9.59 Å². The third kappa shape index (κ3) is 4.01. The van der Waals surface area contributed by atoms with Crippen LogP contribution in [0.15, 0.2) is 64.6 Å². The molecule has 1 saturated heterocycles. The molecule has 3 aromatic rings. The second-order valence-corrected chi connectivity index (χ2v) is 7.50. The Balaban J connectivity index is 1.71. The second kappa shape index (κ2) is 8.71. The van der Waals surface area contributed by atoms with Gasteiger partial charge in [-0.3, -0.25) is 14.9 Å². The lowest BCUT2D eigenvalue weighted by Gasteiger charge is -2.29. The number of nitrogens with one attached hydrogen (secondary N) is 1. The molecule has 8 nitrogen and oxygen atoms in total. The average Bonchev–Trinajstić information content (AvgIpc) is 3.25. The summed E-state index contributed by atoms with van der Waals surface area (Å²) in [6, 6.07) is 14.9.